The van der Waals surface area contributed by atoms with Gasteiger partial charge in [0.25, 0.3) is 0 Å². The number of aromatic nitrogens is 1. The number of anilines is 1. The fourth-order valence-corrected chi connectivity index (χ4v) is 2.30. The molecule has 5 nitrogen and oxygen atoms in total. The highest BCUT2D eigenvalue weighted by atomic mass is 16.5. The van der Waals surface area contributed by atoms with Gasteiger partial charge in [0.1, 0.15) is 12.4 Å². The number of ether oxygens (including phenoxy) is 1. The normalized spacial score (nSPS) is 13.4. The van der Waals surface area contributed by atoms with Gasteiger partial charge in [-0.1, -0.05) is 30.3 Å². The van der Waals surface area contributed by atoms with Crippen LogP contribution < -0.4 is 15.6 Å². The van der Waals surface area contributed by atoms with Gasteiger partial charge in [-0.25, -0.2) is 4.98 Å². The van der Waals surface area contributed by atoms with E-state index in [4.69, 9.17) is 4.74 Å². The molecule has 1 heterocycles. The average Bonchev–Trinajstić information content (AvgIpc) is 3.37. The number of carbonyl (C=O) groups excluding carboxylic acids is 1. The highest BCUT2D eigenvalue weighted by Gasteiger charge is 2.24. The summed E-state index contributed by atoms with van der Waals surface area (Å²) in [7, 11) is 0. The molecule has 0 radical (unpaired) electrons. The molecule has 1 amide bonds. The fourth-order valence-electron chi connectivity index (χ4n) is 2.30. The third-order valence-electron chi connectivity index (χ3n) is 3.88. The first-order valence-corrected chi connectivity index (χ1v) is 7.89. The monoisotopic (exact) mass is 311 g/mol. The lowest BCUT2D eigenvalue weighted by Gasteiger charge is -2.14. The number of nitrogens with zero attached hydrogens (tertiary/aromatic N) is 1. The Morgan fingerprint density at radius 2 is 2.04 bits per heavy atom. The van der Waals surface area contributed by atoms with E-state index in [1.165, 1.54) is 0 Å². The maximum absolute atomic E-state index is 11.7. The van der Waals surface area contributed by atoms with Gasteiger partial charge in [0.2, 0.25) is 5.91 Å². The summed E-state index contributed by atoms with van der Waals surface area (Å²) >= 11 is 0. The molecular formula is C18H21N3O2. The van der Waals surface area contributed by atoms with E-state index in [1.807, 2.05) is 43.3 Å². The Hall–Kier alpha value is -2.56. The van der Waals surface area contributed by atoms with Crippen LogP contribution in [-0.2, 0) is 11.4 Å². The first-order chi connectivity index (χ1) is 11.2. The summed E-state index contributed by atoms with van der Waals surface area (Å²) in [6.07, 6.45) is 4.57. The molecule has 0 bridgehead atoms. The summed E-state index contributed by atoms with van der Waals surface area (Å²) in [6, 6.07) is 11.8. The van der Waals surface area contributed by atoms with Crippen LogP contribution in [0.1, 0.15) is 30.4 Å². The highest BCUT2D eigenvalue weighted by Crippen LogP contribution is 2.32. The van der Waals surface area contributed by atoms with Crippen LogP contribution in [0.2, 0.25) is 0 Å². The molecule has 5 heteroatoms. The van der Waals surface area contributed by atoms with Crippen LogP contribution in [0, 0.1) is 12.8 Å². The van der Waals surface area contributed by atoms with E-state index in [0.29, 0.717) is 24.8 Å². The second kappa shape index (κ2) is 7.13. The molecule has 1 aromatic carbocycles. The molecule has 1 aliphatic rings. The van der Waals surface area contributed by atoms with Crippen molar-refractivity contribution in [3.8, 4) is 5.75 Å². The Balaban J connectivity index is 1.57. The first-order valence-electron chi connectivity index (χ1n) is 7.89. The van der Waals surface area contributed by atoms with Crippen molar-refractivity contribution in [2.24, 2.45) is 5.92 Å². The summed E-state index contributed by atoms with van der Waals surface area (Å²) in [5.41, 5.74) is 7.58. The third-order valence-corrected chi connectivity index (χ3v) is 3.88. The third kappa shape index (κ3) is 4.45. The molecule has 2 aromatic rings. The number of hydrogen-bond donors (Lipinski definition) is 2. The maximum Gasteiger partial charge on any atom is 0.238 e. The largest absolute Gasteiger partial charge is 0.488 e. The predicted molar refractivity (Wildman–Crippen MR) is 88.9 cm³/mol. The summed E-state index contributed by atoms with van der Waals surface area (Å²) < 4.78 is 5.85. The Labute approximate surface area is 136 Å². The van der Waals surface area contributed by atoms with Gasteiger partial charge in [-0.15, -0.1) is 0 Å². The molecule has 1 aromatic heterocycles. The molecular weight excluding hydrogens is 290 g/mol. The molecule has 3 rings (SSSR count). The molecule has 1 aliphatic carbocycles. The van der Waals surface area contributed by atoms with Gasteiger partial charge >= 0.3 is 0 Å². The van der Waals surface area contributed by atoms with Crippen molar-refractivity contribution >= 4 is 11.7 Å². The highest BCUT2D eigenvalue weighted by molar-refractivity contribution is 5.77. The molecule has 23 heavy (non-hydrogen) atoms. The van der Waals surface area contributed by atoms with E-state index < -0.39 is 0 Å². The van der Waals surface area contributed by atoms with Crippen molar-refractivity contribution in [2.45, 2.75) is 32.8 Å². The van der Waals surface area contributed by atoms with Crippen molar-refractivity contribution in [3.05, 3.63) is 53.7 Å². The number of hydrogen-bond acceptors (Lipinski definition) is 4. The standard InChI is InChI=1S/C18H21N3O2/c1-13-16(23-12-15-5-3-2-4-6-15)9-10-19-18(13)21-20-17(22)11-14-7-8-14/h2-6,9-10,14H,7-8,11-12H2,1H3,(H,19,21)(H,20,22). The van der Waals surface area contributed by atoms with Crippen LogP contribution in [0.5, 0.6) is 5.75 Å². The lowest BCUT2D eigenvalue weighted by Crippen LogP contribution is -2.30. The van der Waals surface area contributed by atoms with Crippen molar-refractivity contribution < 1.29 is 9.53 Å². The number of pyridine rings is 1. The van der Waals surface area contributed by atoms with Gasteiger partial charge in [-0.05, 0) is 37.3 Å². The minimum Gasteiger partial charge on any atom is -0.488 e. The number of rotatable bonds is 7. The predicted octanol–water partition coefficient (Wildman–Crippen LogP) is 3.21. The molecule has 0 aliphatic heterocycles. The van der Waals surface area contributed by atoms with E-state index in [1.54, 1.807) is 6.20 Å². The molecule has 0 atom stereocenters. The average molecular weight is 311 g/mol. The second-order valence-corrected chi connectivity index (χ2v) is 5.88. The Morgan fingerprint density at radius 1 is 1.26 bits per heavy atom. The van der Waals surface area contributed by atoms with Crippen molar-refractivity contribution in [1.29, 1.82) is 0 Å². The number of nitrogens with one attached hydrogen (secondary N) is 2. The van der Waals surface area contributed by atoms with Crippen LogP contribution in [-0.4, -0.2) is 10.9 Å². The van der Waals surface area contributed by atoms with Crippen LogP contribution in [0.3, 0.4) is 0 Å². The fraction of sp³-hybridized carbons (Fsp3) is 0.333. The number of amides is 1. The van der Waals surface area contributed by atoms with Crippen molar-refractivity contribution in [2.75, 3.05) is 5.43 Å². The number of hydrazine groups is 1. The zero-order valence-corrected chi connectivity index (χ0v) is 13.2. The first kappa shape index (κ1) is 15.3. The van der Waals surface area contributed by atoms with Gasteiger partial charge < -0.3 is 4.74 Å². The number of benzene rings is 1. The SMILES string of the molecule is Cc1c(OCc2ccccc2)ccnc1NNC(=O)CC1CC1. The zero-order chi connectivity index (χ0) is 16.1. The van der Waals surface area contributed by atoms with E-state index >= 15 is 0 Å². The summed E-state index contributed by atoms with van der Waals surface area (Å²) in [5, 5.41) is 0. The molecule has 1 saturated carbocycles. The molecule has 1 fully saturated rings. The topological polar surface area (TPSA) is 63.2 Å². The minimum atomic E-state index is 0.00399. The van der Waals surface area contributed by atoms with Crippen LogP contribution in [0.15, 0.2) is 42.6 Å². The van der Waals surface area contributed by atoms with Gasteiger partial charge in [0.05, 0.1) is 0 Å². The maximum atomic E-state index is 11.7. The molecule has 0 saturated heterocycles. The quantitative estimate of drug-likeness (QED) is 0.771. The van der Waals surface area contributed by atoms with E-state index in [9.17, 15) is 4.79 Å². The zero-order valence-electron chi connectivity index (χ0n) is 13.2. The summed E-state index contributed by atoms with van der Waals surface area (Å²) in [5.74, 6) is 1.93. The second-order valence-electron chi connectivity index (χ2n) is 5.88. The van der Waals surface area contributed by atoms with Crippen molar-refractivity contribution in [3.63, 3.8) is 0 Å². The molecule has 2 N–H and O–H groups in total. The summed E-state index contributed by atoms with van der Waals surface area (Å²) in [4.78, 5) is 16.0. The van der Waals surface area contributed by atoms with Gasteiger partial charge in [-0.3, -0.25) is 15.6 Å². The Kier molecular flexibility index (Phi) is 4.76. The molecule has 120 valence electrons. The van der Waals surface area contributed by atoms with Crippen LogP contribution in [0.25, 0.3) is 0 Å². The molecule has 0 unspecified atom stereocenters. The Bertz CT molecular complexity index is 669. The van der Waals surface area contributed by atoms with E-state index in [0.717, 1.165) is 29.7 Å². The van der Waals surface area contributed by atoms with Crippen LogP contribution in [0.4, 0.5) is 5.82 Å². The lowest BCUT2D eigenvalue weighted by molar-refractivity contribution is -0.120. The van der Waals surface area contributed by atoms with Gasteiger partial charge in [0, 0.05) is 18.2 Å². The van der Waals surface area contributed by atoms with E-state index in [2.05, 4.69) is 15.8 Å². The van der Waals surface area contributed by atoms with E-state index in [-0.39, 0.29) is 5.91 Å². The smallest absolute Gasteiger partial charge is 0.238 e. The Morgan fingerprint density at radius 3 is 2.78 bits per heavy atom. The van der Waals surface area contributed by atoms with Gasteiger partial charge in [-0.2, -0.15) is 0 Å². The molecule has 0 spiro atoms. The van der Waals surface area contributed by atoms with Crippen LogP contribution >= 0.6 is 0 Å². The summed E-state index contributed by atoms with van der Waals surface area (Å²) in [6.45, 7) is 2.42. The lowest BCUT2D eigenvalue weighted by atomic mass is 10.2. The number of carbonyl (C=O) groups is 1. The minimum absolute atomic E-state index is 0.00399. The van der Waals surface area contributed by atoms with Crippen molar-refractivity contribution in [1.82, 2.24) is 10.4 Å². The van der Waals surface area contributed by atoms with Gasteiger partial charge in [0.15, 0.2) is 5.82 Å².